The average Bonchev–Trinajstić information content (AvgIpc) is 2.59. The summed E-state index contributed by atoms with van der Waals surface area (Å²) in [7, 11) is 0. The first-order chi connectivity index (χ1) is 7.61. The van der Waals surface area contributed by atoms with Crippen molar-refractivity contribution in [2.24, 2.45) is 11.5 Å². The average molecular weight is 226 g/mol. The number of rotatable bonds is 2. The molecule has 0 amide bonds. The van der Waals surface area contributed by atoms with Gasteiger partial charge < -0.3 is 16.2 Å². The monoisotopic (exact) mass is 226 g/mol. The topological polar surface area (TPSA) is 116 Å². The van der Waals surface area contributed by atoms with Crippen LogP contribution in [0, 0.1) is 0 Å². The van der Waals surface area contributed by atoms with Crippen molar-refractivity contribution >= 4 is 0 Å². The van der Waals surface area contributed by atoms with Crippen LogP contribution in [0.15, 0.2) is 21.9 Å². The van der Waals surface area contributed by atoms with Gasteiger partial charge in [0.15, 0.2) is 0 Å². The van der Waals surface area contributed by atoms with E-state index >= 15 is 0 Å². The zero-order chi connectivity index (χ0) is 11.7. The number of aromatic nitrogens is 2. The summed E-state index contributed by atoms with van der Waals surface area (Å²) in [6, 6.07) is 1.08. The van der Waals surface area contributed by atoms with Gasteiger partial charge in [0.25, 0.3) is 5.56 Å². The van der Waals surface area contributed by atoms with Gasteiger partial charge in [-0.3, -0.25) is 14.3 Å². The Morgan fingerprint density at radius 2 is 2.31 bits per heavy atom. The molecule has 3 atom stereocenters. The van der Waals surface area contributed by atoms with Gasteiger partial charge in [-0.25, -0.2) is 4.79 Å². The van der Waals surface area contributed by atoms with E-state index in [4.69, 9.17) is 16.2 Å². The lowest BCUT2D eigenvalue weighted by Crippen LogP contribution is -2.35. The summed E-state index contributed by atoms with van der Waals surface area (Å²) in [5, 5.41) is 0. The molecule has 16 heavy (non-hydrogen) atoms. The number of nitrogens with zero attached hydrogens (tertiary/aromatic N) is 1. The van der Waals surface area contributed by atoms with Crippen molar-refractivity contribution in [3.63, 3.8) is 0 Å². The van der Waals surface area contributed by atoms with Crippen LogP contribution in [-0.4, -0.2) is 28.2 Å². The van der Waals surface area contributed by atoms with Crippen LogP contribution >= 0.6 is 0 Å². The van der Waals surface area contributed by atoms with Crippen LogP contribution in [-0.2, 0) is 4.74 Å². The first-order valence-corrected chi connectivity index (χ1v) is 5.04. The van der Waals surface area contributed by atoms with Gasteiger partial charge in [0.05, 0.1) is 6.10 Å². The molecule has 1 saturated heterocycles. The molecule has 1 fully saturated rings. The van der Waals surface area contributed by atoms with Gasteiger partial charge in [0.1, 0.15) is 6.23 Å². The van der Waals surface area contributed by atoms with Crippen molar-refractivity contribution in [1.82, 2.24) is 9.55 Å². The highest BCUT2D eigenvalue weighted by Crippen LogP contribution is 2.25. The normalized spacial score (nSPS) is 29.5. The summed E-state index contributed by atoms with van der Waals surface area (Å²) in [5.41, 5.74) is 10.4. The summed E-state index contributed by atoms with van der Waals surface area (Å²) in [4.78, 5) is 24.5. The Balaban J connectivity index is 2.27. The van der Waals surface area contributed by atoms with Gasteiger partial charge in [-0.05, 0) is 0 Å². The third-order valence-electron chi connectivity index (χ3n) is 2.68. The molecule has 88 valence electrons. The summed E-state index contributed by atoms with van der Waals surface area (Å²) in [5.74, 6) is 0. The predicted molar refractivity (Wildman–Crippen MR) is 56.9 cm³/mol. The van der Waals surface area contributed by atoms with Crippen LogP contribution in [0.25, 0.3) is 0 Å². The maximum atomic E-state index is 11.5. The van der Waals surface area contributed by atoms with E-state index in [9.17, 15) is 9.59 Å². The molecule has 0 saturated carbocycles. The van der Waals surface area contributed by atoms with Crippen molar-refractivity contribution in [2.75, 3.05) is 6.54 Å². The van der Waals surface area contributed by atoms with E-state index in [2.05, 4.69) is 4.98 Å². The van der Waals surface area contributed by atoms with E-state index in [1.165, 1.54) is 16.8 Å². The fraction of sp³-hybridized carbons (Fsp3) is 0.556. The largest absolute Gasteiger partial charge is 0.352 e. The number of nitrogens with two attached hydrogens (primary N) is 2. The Labute approximate surface area is 91.0 Å². The van der Waals surface area contributed by atoms with E-state index in [0.29, 0.717) is 13.0 Å². The zero-order valence-corrected chi connectivity index (χ0v) is 8.63. The van der Waals surface area contributed by atoms with E-state index in [-0.39, 0.29) is 12.1 Å². The molecule has 7 heteroatoms. The number of aromatic amines is 1. The molecule has 1 aromatic heterocycles. The molecule has 0 bridgehead atoms. The van der Waals surface area contributed by atoms with E-state index in [0.717, 1.165) is 0 Å². The van der Waals surface area contributed by atoms with Gasteiger partial charge >= 0.3 is 5.69 Å². The molecule has 1 aliphatic heterocycles. The SMILES string of the molecule is NC[C@H]1O[C@@H](n2ccc(=O)[nH]c2=O)C[C@@H]1N. The fourth-order valence-electron chi connectivity index (χ4n) is 1.81. The Bertz CT molecular complexity index is 480. The number of hydrogen-bond acceptors (Lipinski definition) is 5. The van der Waals surface area contributed by atoms with Crippen molar-refractivity contribution < 1.29 is 4.74 Å². The number of H-pyrrole nitrogens is 1. The molecule has 0 aliphatic carbocycles. The molecular formula is C9H14N4O3. The van der Waals surface area contributed by atoms with Crippen LogP contribution in [0.5, 0.6) is 0 Å². The molecule has 7 nitrogen and oxygen atoms in total. The van der Waals surface area contributed by atoms with Crippen LogP contribution in [0.1, 0.15) is 12.6 Å². The second-order valence-electron chi connectivity index (χ2n) is 3.78. The second-order valence-corrected chi connectivity index (χ2v) is 3.78. The van der Waals surface area contributed by atoms with Crippen molar-refractivity contribution in [2.45, 2.75) is 24.8 Å². The fourth-order valence-corrected chi connectivity index (χ4v) is 1.81. The van der Waals surface area contributed by atoms with Gasteiger partial charge in [-0.15, -0.1) is 0 Å². The molecule has 1 aromatic rings. The lowest BCUT2D eigenvalue weighted by atomic mass is 10.1. The first kappa shape index (κ1) is 11.1. The molecule has 0 aromatic carbocycles. The highest BCUT2D eigenvalue weighted by molar-refractivity contribution is 4.89. The summed E-state index contributed by atoms with van der Waals surface area (Å²) in [6.07, 6.45) is 1.21. The lowest BCUT2D eigenvalue weighted by molar-refractivity contribution is 0.00166. The standard InChI is InChI=1S/C9H14N4O3/c10-4-6-5(11)3-8(16-6)13-2-1-7(14)12-9(13)15/h1-2,5-6,8H,3-4,10-11H2,(H,12,14,15)/t5-,6+,8+/m0/s1. The summed E-state index contributed by atoms with van der Waals surface area (Å²) in [6.45, 7) is 0.315. The van der Waals surface area contributed by atoms with Crippen molar-refractivity contribution in [3.05, 3.63) is 33.1 Å². The minimum absolute atomic E-state index is 0.186. The third-order valence-corrected chi connectivity index (χ3v) is 2.68. The molecule has 2 heterocycles. The smallest absolute Gasteiger partial charge is 0.330 e. The molecule has 0 radical (unpaired) electrons. The second kappa shape index (κ2) is 4.20. The van der Waals surface area contributed by atoms with Gasteiger partial charge in [0, 0.05) is 31.3 Å². The predicted octanol–water partition coefficient (Wildman–Crippen LogP) is -1.89. The van der Waals surface area contributed by atoms with Gasteiger partial charge in [-0.2, -0.15) is 0 Å². The van der Waals surface area contributed by atoms with Crippen molar-refractivity contribution in [1.29, 1.82) is 0 Å². The van der Waals surface area contributed by atoms with Crippen LogP contribution < -0.4 is 22.7 Å². The van der Waals surface area contributed by atoms with E-state index < -0.39 is 17.5 Å². The highest BCUT2D eigenvalue weighted by atomic mass is 16.5. The van der Waals surface area contributed by atoms with Gasteiger partial charge in [-0.1, -0.05) is 0 Å². The molecular weight excluding hydrogens is 212 g/mol. The lowest BCUT2D eigenvalue weighted by Gasteiger charge is -2.14. The molecule has 0 spiro atoms. The summed E-state index contributed by atoms with van der Waals surface area (Å²) < 4.78 is 6.84. The Hall–Kier alpha value is -1.44. The molecule has 0 unspecified atom stereocenters. The van der Waals surface area contributed by atoms with Gasteiger partial charge in [0.2, 0.25) is 0 Å². The molecule has 2 rings (SSSR count). The highest BCUT2D eigenvalue weighted by Gasteiger charge is 2.33. The zero-order valence-electron chi connectivity index (χ0n) is 8.63. The van der Waals surface area contributed by atoms with Crippen LogP contribution in [0.2, 0.25) is 0 Å². The Kier molecular flexibility index (Phi) is 2.90. The molecule has 5 N–H and O–H groups in total. The van der Waals surface area contributed by atoms with E-state index in [1.54, 1.807) is 0 Å². The van der Waals surface area contributed by atoms with Crippen LogP contribution in [0.4, 0.5) is 0 Å². The summed E-state index contributed by atoms with van der Waals surface area (Å²) >= 11 is 0. The quantitative estimate of drug-likeness (QED) is 0.545. The minimum atomic E-state index is -0.498. The number of hydrogen-bond donors (Lipinski definition) is 3. The third kappa shape index (κ3) is 1.92. The Morgan fingerprint density at radius 1 is 1.56 bits per heavy atom. The van der Waals surface area contributed by atoms with Crippen molar-refractivity contribution in [3.8, 4) is 0 Å². The molecule has 1 aliphatic rings. The van der Waals surface area contributed by atoms with Crippen LogP contribution in [0.3, 0.4) is 0 Å². The Morgan fingerprint density at radius 3 is 2.88 bits per heavy atom. The first-order valence-electron chi connectivity index (χ1n) is 5.04. The maximum Gasteiger partial charge on any atom is 0.330 e. The van der Waals surface area contributed by atoms with E-state index in [1.807, 2.05) is 0 Å². The number of ether oxygens (including phenoxy) is 1. The number of nitrogens with one attached hydrogen (secondary N) is 1. The maximum absolute atomic E-state index is 11.5. The minimum Gasteiger partial charge on any atom is -0.352 e.